The third-order valence-corrected chi connectivity index (χ3v) is 9.15. The molecule has 7 rings (SSSR count). The fraction of sp³-hybridized carbons (Fsp3) is 0.310. The number of thioether (sulfide) groups is 1. The Labute approximate surface area is 227 Å². The smallest absolute Gasteiger partial charge is 0.282 e. The number of nitrogens with zero attached hydrogens (tertiary/aromatic N) is 3. The van der Waals surface area contributed by atoms with Crippen LogP contribution in [0.1, 0.15) is 35.7 Å². The van der Waals surface area contributed by atoms with E-state index in [1.54, 1.807) is 6.07 Å². The van der Waals surface area contributed by atoms with Crippen LogP contribution in [0.15, 0.2) is 94.3 Å². The van der Waals surface area contributed by atoms with E-state index in [1.807, 2.05) is 84.6 Å². The van der Waals surface area contributed by atoms with Crippen LogP contribution in [-0.4, -0.2) is 49.7 Å². The first-order valence-electron chi connectivity index (χ1n) is 12.5. The lowest BCUT2D eigenvalue weighted by Crippen LogP contribution is -3.00. The summed E-state index contributed by atoms with van der Waals surface area (Å²) >= 11 is 1.87. The van der Waals surface area contributed by atoms with E-state index < -0.39 is 5.60 Å². The molecule has 3 aliphatic heterocycles. The highest BCUT2D eigenvalue weighted by Crippen LogP contribution is 2.43. The zero-order valence-corrected chi connectivity index (χ0v) is 22.0. The highest BCUT2D eigenvalue weighted by atomic mass is 35.5. The molecule has 1 aromatic heterocycles. The largest absolute Gasteiger partial charge is 1.00 e. The van der Waals surface area contributed by atoms with Gasteiger partial charge < -0.3 is 31.6 Å². The first kappa shape index (κ1) is 25.8. The van der Waals surface area contributed by atoms with Gasteiger partial charge in [0.1, 0.15) is 5.75 Å². The van der Waals surface area contributed by atoms with Gasteiger partial charge in [0.05, 0.1) is 24.9 Å². The number of phenolic OH excluding ortho intramolecular Hbond substituents is 1. The van der Waals surface area contributed by atoms with Crippen molar-refractivity contribution in [3.8, 4) is 5.75 Å². The van der Waals surface area contributed by atoms with Crippen LogP contribution in [-0.2, 0) is 12.1 Å². The summed E-state index contributed by atoms with van der Waals surface area (Å²) in [5.74, 6) is 1.84. The number of aromatic hydroxyl groups is 1. The Balaban J connectivity index is 0.00000280. The van der Waals surface area contributed by atoms with Gasteiger partial charge >= 0.3 is 0 Å². The van der Waals surface area contributed by atoms with Gasteiger partial charge in [0, 0.05) is 17.7 Å². The summed E-state index contributed by atoms with van der Waals surface area (Å²) in [6.45, 7) is 3.89. The van der Waals surface area contributed by atoms with Crippen molar-refractivity contribution in [1.29, 1.82) is 0 Å². The molecule has 0 radical (unpaired) electrons. The van der Waals surface area contributed by atoms with Crippen LogP contribution in [0.25, 0.3) is 0 Å². The quantitative estimate of drug-likeness (QED) is 0.352. The highest BCUT2D eigenvalue weighted by molar-refractivity contribution is 8.00. The molecule has 0 aliphatic carbocycles. The predicted octanol–water partition coefficient (Wildman–Crippen LogP) is 1.96. The van der Waals surface area contributed by atoms with Crippen molar-refractivity contribution in [1.82, 2.24) is 10.1 Å². The summed E-state index contributed by atoms with van der Waals surface area (Å²) in [6.07, 6.45) is 2.35. The van der Waals surface area contributed by atoms with E-state index in [9.17, 15) is 10.2 Å². The van der Waals surface area contributed by atoms with Gasteiger partial charge in [0.25, 0.3) is 5.89 Å². The first-order chi connectivity index (χ1) is 17.5. The van der Waals surface area contributed by atoms with Crippen LogP contribution in [0.3, 0.4) is 0 Å². The van der Waals surface area contributed by atoms with Crippen LogP contribution < -0.4 is 12.4 Å². The lowest BCUT2D eigenvalue weighted by atomic mass is 9.85. The Bertz CT molecular complexity index is 1290. The summed E-state index contributed by atoms with van der Waals surface area (Å²) in [7, 11) is 0. The van der Waals surface area contributed by atoms with Crippen molar-refractivity contribution in [2.45, 2.75) is 35.1 Å². The van der Waals surface area contributed by atoms with Gasteiger partial charge in [-0.2, -0.15) is 4.98 Å². The van der Waals surface area contributed by atoms with Crippen LogP contribution in [0.5, 0.6) is 5.75 Å². The number of halogens is 1. The van der Waals surface area contributed by atoms with Gasteiger partial charge in [0.15, 0.2) is 12.1 Å². The molecule has 2 N–H and O–H groups in total. The molecule has 192 valence electrons. The van der Waals surface area contributed by atoms with E-state index in [0.717, 1.165) is 29.0 Å². The monoisotopic (exact) mass is 535 g/mol. The summed E-state index contributed by atoms with van der Waals surface area (Å²) in [6, 6.07) is 26.6. The average molecular weight is 536 g/mol. The second kappa shape index (κ2) is 10.5. The molecular formula is C29H30ClN3O3S. The van der Waals surface area contributed by atoms with E-state index >= 15 is 0 Å². The standard InChI is InChI=1S/C29H29N3O3S.ClH/c33-24-12-7-13-25(18-24)36-26-19-32(16-14-21(26)15-17-32)20-27-30-28(31-35-27)29(34,22-8-3-1-4-9-22)23-10-5-2-6-11-23;/h1-13,18,21,26,34H,14-17,19-20H2;1H/t21?,26-,32?;/m0./s1. The zero-order valence-electron chi connectivity index (χ0n) is 20.4. The third-order valence-electron chi connectivity index (χ3n) is 7.79. The number of aliphatic hydroxyl groups is 1. The number of benzene rings is 3. The zero-order chi connectivity index (χ0) is 24.6. The molecule has 0 unspecified atom stereocenters. The van der Waals surface area contributed by atoms with Crippen molar-refractivity contribution in [3.63, 3.8) is 0 Å². The molecule has 4 aromatic rings. The fourth-order valence-electron chi connectivity index (χ4n) is 5.84. The maximum Gasteiger partial charge on any atom is 0.282 e. The molecule has 6 nitrogen and oxygen atoms in total. The van der Waals surface area contributed by atoms with Crippen LogP contribution in [0, 0.1) is 5.92 Å². The van der Waals surface area contributed by atoms with E-state index in [0.29, 0.717) is 40.5 Å². The maximum atomic E-state index is 12.0. The maximum absolute atomic E-state index is 12.0. The molecule has 37 heavy (non-hydrogen) atoms. The van der Waals surface area contributed by atoms with Crippen molar-refractivity contribution >= 4 is 11.8 Å². The normalized spacial score (nSPS) is 22.9. The average Bonchev–Trinajstić information content (AvgIpc) is 3.38. The van der Waals surface area contributed by atoms with Crippen molar-refractivity contribution in [3.05, 3.63) is 108 Å². The lowest BCUT2D eigenvalue weighted by molar-refractivity contribution is -0.955. The number of hydrogen-bond acceptors (Lipinski definition) is 6. The van der Waals surface area contributed by atoms with Crippen molar-refractivity contribution in [2.24, 2.45) is 5.92 Å². The first-order valence-corrected chi connectivity index (χ1v) is 13.4. The second-order valence-corrected chi connectivity index (χ2v) is 11.4. The summed E-state index contributed by atoms with van der Waals surface area (Å²) < 4.78 is 6.71. The number of quaternary nitrogens is 1. The predicted molar refractivity (Wildman–Crippen MR) is 138 cm³/mol. The molecule has 3 aromatic carbocycles. The van der Waals surface area contributed by atoms with E-state index in [2.05, 4.69) is 11.2 Å². The topological polar surface area (TPSA) is 79.4 Å². The SMILES string of the molecule is Oc1cccc(S[C@H]2C[N+]3(Cc4nc(C(O)(c5ccccc5)c5ccccc5)no4)CCC2CC3)c1.[Cl-]. The molecule has 3 saturated heterocycles. The minimum atomic E-state index is -1.49. The van der Waals surface area contributed by atoms with Gasteiger partial charge in [-0.3, -0.25) is 0 Å². The summed E-state index contributed by atoms with van der Waals surface area (Å²) in [5, 5.41) is 26.7. The Kier molecular flexibility index (Phi) is 7.32. The molecule has 0 amide bonds. The minimum absolute atomic E-state index is 0. The molecule has 4 heterocycles. The molecular weight excluding hydrogens is 506 g/mol. The van der Waals surface area contributed by atoms with Crippen LogP contribution in [0.2, 0.25) is 0 Å². The molecule has 3 aliphatic rings. The fourth-order valence-corrected chi connectivity index (χ4v) is 7.40. The van der Waals surface area contributed by atoms with Gasteiger partial charge in [-0.1, -0.05) is 71.9 Å². The highest BCUT2D eigenvalue weighted by Gasteiger charge is 2.47. The minimum Gasteiger partial charge on any atom is -1.00 e. The van der Waals surface area contributed by atoms with Gasteiger partial charge in [-0.25, -0.2) is 0 Å². The van der Waals surface area contributed by atoms with Crippen LogP contribution >= 0.6 is 11.8 Å². The number of fused-ring (bicyclic) bond motifs is 3. The number of piperidine rings is 3. The van der Waals surface area contributed by atoms with Crippen molar-refractivity contribution < 1.29 is 31.6 Å². The van der Waals surface area contributed by atoms with E-state index in [1.165, 1.54) is 12.8 Å². The van der Waals surface area contributed by atoms with Gasteiger partial charge in [-0.05, 0) is 35.2 Å². The molecule has 1 atom stereocenters. The molecule has 8 heteroatoms. The van der Waals surface area contributed by atoms with E-state index in [4.69, 9.17) is 9.51 Å². The Morgan fingerprint density at radius 1 is 0.919 bits per heavy atom. The number of aromatic nitrogens is 2. The van der Waals surface area contributed by atoms with Crippen molar-refractivity contribution in [2.75, 3.05) is 19.6 Å². The second-order valence-electron chi connectivity index (χ2n) is 10.1. The summed E-state index contributed by atoms with van der Waals surface area (Å²) in [5.41, 5.74) is -0.0822. The number of rotatable bonds is 7. The molecule has 0 saturated carbocycles. The Morgan fingerprint density at radius 3 is 2.19 bits per heavy atom. The lowest BCUT2D eigenvalue weighted by Gasteiger charge is -2.51. The number of phenols is 1. The number of hydrogen-bond donors (Lipinski definition) is 2. The Morgan fingerprint density at radius 2 is 1.57 bits per heavy atom. The third kappa shape index (κ3) is 5.01. The van der Waals surface area contributed by atoms with Crippen LogP contribution in [0.4, 0.5) is 0 Å². The van der Waals surface area contributed by atoms with Gasteiger partial charge in [-0.15, -0.1) is 11.8 Å². The Hall–Kier alpha value is -2.84. The molecule has 0 spiro atoms. The van der Waals surface area contributed by atoms with E-state index in [-0.39, 0.29) is 18.2 Å². The molecule has 3 fully saturated rings. The molecule has 2 bridgehead atoms. The summed E-state index contributed by atoms with van der Waals surface area (Å²) in [4.78, 5) is 5.89. The van der Waals surface area contributed by atoms with Gasteiger partial charge in [0.2, 0.25) is 5.82 Å².